The van der Waals surface area contributed by atoms with Gasteiger partial charge in [-0.2, -0.15) is 0 Å². The molecule has 0 saturated carbocycles. The third-order valence-electron chi connectivity index (χ3n) is 4.10. The number of hydrogen-bond acceptors (Lipinski definition) is 6. The molecule has 0 unspecified atom stereocenters. The molecule has 1 amide bonds. The fourth-order valence-electron chi connectivity index (χ4n) is 2.64. The standard InChI is InChI=1S/C22H24N4O3/c1-16-14-20(21(27)24-15-17-6-4-3-5-7-17)26-22(25-16)23-12-13-29-19-10-8-18(28-2)9-11-19/h3-11,14H,12-13,15H2,1-2H3,(H,24,27)(H,23,25,26). The summed E-state index contributed by atoms with van der Waals surface area (Å²) in [5.74, 6) is 1.69. The van der Waals surface area contributed by atoms with Crippen LogP contribution < -0.4 is 20.1 Å². The van der Waals surface area contributed by atoms with Gasteiger partial charge in [-0.05, 0) is 42.8 Å². The number of ether oxygens (including phenoxy) is 2. The number of nitrogens with one attached hydrogen (secondary N) is 2. The second kappa shape index (κ2) is 10.1. The van der Waals surface area contributed by atoms with E-state index in [4.69, 9.17) is 9.47 Å². The van der Waals surface area contributed by atoms with Gasteiger partial charge >= 0.3 is 0 Å². The SMILES string of the molecule is COc1ccc(OCCNc2nc(C)cc(C(=O)NCc3ccccc3)n2)cc1. The molecule has 0 aliphatic carbocycles. The second-order valence-electron chi connectivity index (χ2n) is 6.34. The van der Waals surface area contributed by atoms with Crippen molar-refractivity contribution in [2.45, 2.75) is 13.5 Å². The van der Waals surface area contributed by atoms with E-state index in [2.05, 4.69) is 20.6 Å². The molecule has 0 aliphatic rings. The van der Waals surface area contributed by atoms with Crippen LogP contribution >= 0.6 is 0 Å². The molecule has 0 aliphatic heterocycles. The highest BCUT2D eigenvalue weighted by Gasteiger charge is 2.10. The summed E-state index contributed by atoms with van der Waals surface area (Å²) in [5, 5.41) is 5.97. The normalized spacial score (nSPS) is 10.3. The van der Waals surface area contributed by atoms with Crippen molar-refractivity contribution in [2.24, 2.45) is 0 Å². The van der Waals surface area contributed by atoms with Crippen LogP contribution in [0.2, 0.25) is 0 Å². The predicted molar refractivity (Wildman–Crippen MR) is 111 cm³/mol. The van der Waals surface area contributed by atoms with Crippen LogP contribution in [0.4, 0.5) is 5.95 Å². The average Bonchev–Trinajstić information content (AvgIpc) is 2.76. The van der Waals surface area contributed by atoms with Gasteiger partial charge in [0.1, 0.15) is 23.8 Å². The zero-order chi connectivity index (χ0) is 20.5. The van der Waals surface area contributed by atoms with Gasteiger partial charge in [0, 0.05) is 12.2 Å². The first-order chi connectivity index (χ1) is 14.1. The highest BCUT2D eigenvalue weighted by atomic mass is 16.5. The van der Waals surface area contributed by atoms with Crippen LogP contribution in [-0.4, -0.2) is 36.1 Å². The van der Waals surface area contributed by atoms with Gasteiger partial charge in [0.2, 0.25) is 5.95 Å². The number of rotatable bonds is 9. The lowest BCUT2D eigenvalue weighted by atomic mass is 10.2. The van der Waals surface area contributed by atoms with Gasteiger partial charge in [-0.25, -0.2) is 9.97 Å². The van der Waals surface area contributed by atoms with Crippen molar-refractivity contribution in [3.05, 3.63) is 77.6 Å². The maximum absolute atomic E-state index is 12.4. The van der Waals surface area contributed by atoms with E-state index in [9.17, 15) is 4.79 Å². The molecule has 29 heavy (non-hydrogen) atoms. The molecular weight excluding hydrogens is 368 g/mol. The molecule has 7 heteroatoms. The van der Waals surface area contributed by atoms with Gasteiger partial charge in [0.25, 0.3) is 5.91 Å². The lowest BCUT2D eigenvalue weighted by Crippen LogP contribution is -2.25. The molecular formula is C22H24N4O3. The Kier molecular flexibility index (Phi) is 7.00. The van der Waals surface area contributed by atoms with E-state index < -0.39 is 0 Å². The Hall–Kier alpha value is -3.61. The van der Waals surface area contributed by atoms with Crippen LogP contribution in [0.15, 0.2) is 60.7 Å². The number of carbonyl (C=O) groups is 1. The molecule has 2 N–H and O–H groups in total. The van der Waals surface area contributed by atoms with Crippen LogP contribution in [-0.2, 0) is 6.54 Å². The third-order valence-corrected chi connectivity index (χ3v) is 4.10. The second-order valence-corrected chi connectivity index (χ2v) is 6.34. The smallest absolute Gasteiger partial charge is 0.270 e. The number of benzene rings is 2. The number of anilines is 1. The molecule has 3 aromatic rings. The molecule has 0 radical (unpaired) electrons. The number of aromatic nitrogens is 2. The highest BCUT2D eigenvalue weighted by molar-refractivity contribution is 5.92. The summed E-state index contributed by atoms with van der Waals surface area (Å²) >= 11 is 0. The van der Waals surface area contributed by atoms with Crippen molar-refractivity contribution in [3.8, 4) is 11.5 Å². The number of carbonyl (C=O) groups excluding carboxylic acids is 1. The molecule has 0 fully saturated rings. The lowest BCUT2D eigenvalue weighted by molar-refractivity contribution is 0.0945. The minimum atomic E-state index is -0.239. The van der Waals surface area contributed by atoms with Crippen LogP contribution in [0.5, 0.6) is 11.5 Å². The van der Waals surface area contributed by atoms with Crippen molar-refractivity contribution >= 4 is 11.9 Å². The predicted octanol–water partition coefficient (Wildman–Crippen LogP) is 3.21. The highest BCUT2D eigenvalue weighted by Crippen LogP contribution is 2.16. The molecule has 0 spiro atoms. The monoisotopic (exact) mass is 392 g/mol. The minimum Gasteiger partial charge on any atom is -0.497 e. The molecule has 1 aromatic heterocycles. The maximum atomic E-state index is 12.4. The van der Waals surface area contributed by atoms with E-state index in [1.165, 1.54) is 0 Å². The first-order valence-electron chi connectivity index (χ1n) is 9.32. The first kappa shape index (κ1) is 20.1. The largest absolute Gasteiger partial charge is 0.497 e. The molecule has 0 saturated heterocycles. The number of nitrogens with zero attached hydrogens (tertiary/aromatic N) is 2. The van der Waals surface area contributed by atoms with Crippen molar-refractivity contribution in [1.29, 1.82) is 0 Å². The number of hydrogen-bond donors (Lipinski definition) is 2. The van der Waals surface area contributed by atoms with Gasteiger partial charge < -0.3 is 20.1 Å². The summed E-state index contributed by atoms with van der Waals surface area (Å²) < 4.78 is 10.8. The van der Waals surface area contributed by atoms with E-state index in [0.717, 1.165) is 17.1 Å². The summed E-state index contributed by atoms with van der Waals surface area (Å²) in [6.07, 6.45) is 0. The van der Waals surface area contributed by atoms with Crippen molar-refractivity contribution in [3.63, 3.8) is 0 Å². The van der Waals surface area contributed by atoms with E-state index in [1.54, 1.807) is 13.2 Å². The Bertz CT molecular complexity index is 931. The topological polar surface area (TPSA) is 85.4 Å². The fraction of sp³-hybridized carbons (Fsp3) is 0.227. The van der Waals surface area contributed by atoms with Gasteiger partial charge in [0.05, 0.1) is 13.7 Å². The van der Waals surface area contributed by atoms with E-state index in [1.807, 2.05) is 61.5 Å². The Morgan fingerprint density at radius 1 is 1.00 bits per heavy atom. The van der Waals surface area contributed by atoms with Crippen LogP contribution in [0.25, 0.3) is 0 Å². The van der Waals surface area contributed by atoms with Gasteiger partial charge in [-0.15, -0.1) is 0 Å². The maximum Gasteiger partial charge on any atom is 0.270 e. The van der Waals surface area contributed by atoms with Gasteiger partial charge in [-0.3, -0.25) is 4.79 Å². The Balaban J connectivity index is 1.50. The number of methoxy groups -OCH3 is 1. The Labute approximate surface area is 170 Å². The first-order valence-corrected chi connectivity index (χ1v) is 9.32. The molecule has 3 rings (SSSR count). The van der Waals surface area contributed by atoms with E-state index in [0.29, 0.717) is 37.0 Å². The van der Waals surface area contributed by atoms with E-state index >= 15 is 0 Å². The van der Waals surface area contributed by atoms with Gasteiger partial charge in [0.15, 0.2) is 0 Å². The molecule has 1 heterocycles. The molecule has 150 valence electrons. The number of aryl methyl sites for hydroxylation is 1. The number of amides is 1. The molecule has 7 nitrogen and oxygen atoms in total. The zero-order valence-electron chi connectivity index (χ0n) is 16.5. The third kappa shape index (κ3) is 6.21. The van der Waals surface area contributed by atoms with E-state index in [-0.39, 0.29) is 5.91 Å². The summed E-state index contributed by atoms with van der Waals surface area (Å²) in [6.45, 7) is 3.20. The summed E-state index contributed by atoms with van der Waals surface area (Å²) in [7, 11) is 1.62. The van der Waals surface area contributed by atoms with Crippen LogP contribution in [0.1, 0.15) is 21.7 Å². The van der Waals surface area contributed by atoms with Crippen molar-refractivity contribution < 1.29 is 14.3 Å². The molecule has 0 atom stereocenters. The quantitative estimate of drug-likeness (QED) is 0.544. The molecule has 0 bridgehead atoms. The Morgan fingerprint density at radius 2 is 1.72 bits per heavy atom. The van der Waals surface area contributed by atoms with Crippen molar-refractivity contribution in [1.82, 2.24) is 15.3 Å². The lowest BCUT2D eigenvalue weighted by Gasteiger charge is -2.10. The summed E-state index contributed by atoms with van der Waals surface area (Å²) in [4.78, 5) is 21.1. The van der Waals surface area contributed by atoms with Crippen LogP contribution in [0, 0.1) is 6.92 Å². The van der Waals surface area contributed by atoms with Crippen LogP contribution in [0.3, 0.4) is 0 Å². The van der Waals surface area contributed by atoms with Crippen molar-refractivity contribution in [2.75, 3.05) is 25.6 Å². The Morgan fingerprint density at radius 3 is 2.45 bits per heavy atom. The summed E-state index contributed by atoms with van der Waals surface area (Å²) in [6, 6.07) is 18.8. The fourth-order valence-corrected chi connectivity index (χ4v) is 2.64. The zero-order valence-corrected chi connectivity index (χ0v) is 16.5. The van der Waals surface area contributed by atoms with Gasteiger partial charge in [-0.1, -0.05) is 30.3 Å². The minimum absolute atomic E-state index is 0.239. The average molecular weight is 392 g/mol. The molecule has 2 aromatic carbocycles. The summed E-state index contributed by atoms with van der Waals surface area (Å²) in [5.41, 5.74) is 2.07.